The molecule has 1 heterocycles. The molecule has 1 unspecified atom stereocenters. The Kier molecular flexibility index (Phi) is 4.52. The molecule has 3 rings (SSSR count). The number of benzene rings is 2. The Hall–Kier alpha value is -1.57. The third-order valence-corrected chi connectivity index (χ3v) is 5.85. The summed E-state index contributed by atoms with van der Waals surface area (Å²) in [5.74, 6) is 1.21. The van der Waals surface area contributed by atoms with E-state index in [4.69, 9.17) is 0 Å². The van der Waals surface area contributed by atoms with E-state index in [-0.39, 0.29) is 0 Å². The third-order valence-electron chi connectivity index (χ3n) is 3.29. The number of rotatable bonds is 5. The van der Waals surface area contributed by atoms with Crippen LogP contribution in [-0.2, 0) is 6.42 Å². The van der Waals surface area contributed by atoms with E-state index in [2.05, 4.69) is 71.0 Å². The van der Waals surface area contributed by atoms with Gasteiger partial charge in [0.25, 0.3) is 0 Å². The first kappa shape index (κ1) is 13.4. The molecule has 3 heteroatoms. The van der Waals surface area contributed by atoms with Crippen molar-refractivity contribution in [3.05, 3.63) is 66.2 Å². The van der Waals surface area contributed by atoms with Crippen molar-refractivity contribution in [1.82, 2.24) is 5.32 Å². The quantitative estimate of drug-likeness (QED) is 0.835. The van der Waals surface area contributed by atoms with Gasteiger partial charge in [0.05, 0.1) is 0 Å². The van der Waals surface area contributed by atoms with Crippen molar-refractivity contribution in [2.24, 2.45) is 4.99 Å². The molecule has 0 aliphatic carbocycles. The molecule has 2 nitrogen and oxygen atoms in total. The average Bonchev–Trinajstić information content (AvgIpc) is 3.03. The predicted molar refractivity (Wildman–Crippen MR) is 86.0 cm³/mol. The SMILES string of the molecule is c1ccc(CC([Se]c2ccccc2)C2=NCCN2)cc1. The van der Waals surface area contributed by atoms with Gasteiger partial charge < -0.3 is 0 Å². The summed E-state index contributed by atoms with van der Waals surface area (Å²) in [5.41, 5.74) is 1.40. The van der Waals surface area contributed by atoms with Crippen molar-refractivity contribution in [3.8, 4) is 0 Å². The Labute approximate surface area is 126 Å². The molecule has 20 heavy (non-hydrogen) atoms. The van der Waals surface area contributed by atoms with Crippen molar-refractivity contribution >= 4 is 25.3 Å². The number of hydrogen-bond donors (Lipinski definition) is 1. The van der Waals surface area contributed by atoms with Gasteiger partial charge in [0.15, 0.2) is 0 Å². The Morgan fingerprint density at radius 1 is 1.00 bits per heavy atom. The molecule has 0 saturated heterocycles. The zero-order valence-electron chi connectivity index (χ0n) is 11.3. The van der Waals surface area contributed by atoms with Crippen molar-refractivity contribution in [1.29, 1.82) is 0 Å². The molecule has 0 amide bonds. The molecule has 1 aliphatic heterocycles. The number of hydrogen-bond acceptors (Lipinski definition) is 2. The Balaban J connectivity index is 1.77. The molecule has 2 aromatic carbocycles. The Morgan fingerprint density at radius 3 is 2.35 bits per heavy atom. The van der Waals surface area contributed by atoms with Gasteiger partial charge in [-0.3, -0.25) is 0 Å². The van der Waals surface area contributed by atoms with Crippen molar-refractivity contribution in [2.45, 2.75) is 11.2 Å². The molecule has 0 aromatic heterocycles. The molecular formula is C17H18N2Se. The fraction of sp³-hybridized carbons (Fsp3) is 0.235. The first-order chi connectivity index (χ1) is 9.92. The van der Waals surface area contributed by atoms with Gasteiger partial charge in [-0.25, -0.2) is 0 Å². The van der Waals surface area contributed by atoms with Crippen molar-refractivity contribution in [2.75, 3.05) is 13.1 Å². The summed E-state index contributed by atoms with van der Waals surface area (Å²) in [6.45, 7) is 1.91. The summed E-state index contributed by atoms with van der Waals surface area (Å²) in [6, 6.07) is 21.5. The van der Waals surface area contributed by atoms with Gasteiger partial charge in [0.2, 0.25) is 0 Å². The molecule has 0 spiro atoms. The van der Waals surface area contributed by atoms with Crippen LogP contribution in [0.3, 0.4) is 0 Å². The zero-order valence-corrected chi connectivity index (χ0v) is 13.0. The van der Waals surface area contributed by atoms with Crippen LogP contribution >= 0.6 is 0 Å². The standard InChI is InChI=1S/C17H18N2Se/c1-3-7-14(8-4-1)13-16(17-18-11-12-19-17)20-15-9-5-2-6-10-15/h1-10,16H,11-13H2,(H,18,19). The third kappa shape index (κ3) is 3.50. The summed E-state index contributed by atoms with van der Waals surface area (Å²) in [7, 11) is 0. The molecule has 0 fully saturated rings. The fourth-order valence-electron chi connectivity index (χ4n) is 2.32. The van der Waals surface area contributed by atoms with E-state index in [0.29, 0.717) is 19.8 Å². The second-order valence-corrected chi connectivity index (χ2v) is 7.48. The number of aliphatic imine (C=N–C) groups is 1. The summed E-state index contributed by atoms with van der Waals surface area (Å²) in [6.07, 6.45) is 1.07. The van der Waals surface area contributed by atoms with Gasteiger partial charge in [-0.15, -0.1) is 0 Å². The van der Waals surface area contributed by atoms with Crippen LogP contribution in [0.2, 0.25) is 4.82 Å². The maximum absolute atomic E-state index is 4.65. The van der Waals surface area contributed by atoms with Crippen LogP contribution in [0.4, 0.5) is 0 Å². The minimum absolute atomic E-state index is 0.410. The maximum atomic E-state index is 4.65. The van der Waals surface area contributed by atoms with Crippen LogP contribution < -0.4 is 9.78 Å². The van der Waals surface area contributed by atoms with Crippen LogP contribution in [0.1, 0.15) is 5.56 Å². The van der Waals surface area contributed by atoms with Crippen LogP contribution in [-0.4, -0.2) is 33.9 Å². The zero-order chi connectivity index (χ0) is 13.6. The van der Waals surface area contributed by atoms with Gasteiger partial charge in [-0.2, -0.15) is 0 Å². The van der Waals surface area contributed by atoms with E-state index in [9.17, 15) is 0 Å². The average molecular weight is 329 g/mol. The summed E-state index contributed by atoms with van der Waals surface area (Å²) in [5, 5.41) is 3.46. The van der Waals surface area contributed by atoms with Crippen molar-refractivity contribution in [3.63, 3.8) is 0 Å². The molecular weight excluding hydrogens is 311 g/mol. The van der Waals surface area contributed by atoms with E-state index in [1.165, 1.54) is 15.9 Å². The molecule has 2 aromatic rings. The molecule has 0 saturated carbocycles. The van der Waals surface area contributed by atoms with E-state index in [1.54, 1.807) is 0 Å². The van der Waals surface area contributed by atoms with Crippen LogP contribution in [0.25, 0.3) is 0 Å². The number of nitrogens with zero attached hydrogens (tertiary/aromatic N) is 1. The summed E-state index contributed by atoms with van der Waals surface area (Å²) in [4.78, 5) is 5.16. The van der Waals surface area contributed by atoms with Crippen molar-refractivity contribution < 1.29 is 0 Å². The Bertz CT molecular complexity index is 525. The van der Waals surface area contributed by atoms with Gasteiger partial charge in [-0.05, 0) is 0 Å². The molecule has 1 aliphatic rings. The minimum atomic E-state index is 0.410. The van der Waals surface area contributed by atoms with Crippen LogP contribution in [0, 0.1) is 0 Å². The molecule has 102 valence electrons. The Morgan fingerprint density at radius 2 is 1.70 bits per heavy atom. The summed E-state index contributed by atoms with van der Waals surface area (Å²) >= 11 is 0.410. The van der Waals surface area contributed by atoms with Gasteiger partial charge in [0.1, 0.15) is 0 Å². The fourth-order valence-corrected chi connectivity index (χ4v) is 4.81. The van der Waals surface area contributed by atoms with Gasteiger partial charge in [-0.1, -0.05) is 0 Å². The van der Waals surface area contributed by atoms with E-state index in [0.717, 1.165) is 19.5 Å². The molecule has 0 bridgehead atoms. The molecule has 1 N–H and O–H groups in total. The van der Waals surface area contributed by atoms with Crippen LogP contribution in [0.15, 0.2) is 65.7 Å². The second-order valence-electron chi connectivity index (χ2n) is 4.80. The number of amidine groups is 1. The monoisotopic (exact) mass is 330 g/mol. The molecule has 0 radical (unpaired) electrons. The van der Waals surface area contributed by atoms with Gasteiger partial charge >= 0.3 is 126 Å². The second kappa shape index (κ2) is 6.74. The number of nitrogens with one attached hydrogen (secondary N) is 1. The van der Waals surface area contributed by atoms with Crippen LogP contribution in [0.5, 0.6) is 0 Å². The van der Waals surface area contributed by atoms with Gasteiger partial charge in [0, 0.05) is 0 Å². The van der Waals surface area contributed by atoms with E-state index >= 15 is 0 Å². The summed E-state index contributed by atoms with van der Waals surface area (Å²) < 4.78 is 1.44. The topological polar surface area (TPSA) is 24.4 Å². The predicted octanol–water partition coefficient (Wildman–Crippen LogP) is 2.05. The van der Waals surface area contributed by atoms with E-state index in [1.807, 2.05) is 0 Å². The first-order valence-corrected chi connectivity index (χ1v) is 8.80. The normalized spacial score (nSPS) is 15.5. The molecule has 1 atom stereocenters. The first-order valence-electron chi connectivity index (χ1n) is 6.96. The van der Waals surface area contributed by atoms with E-state index < -0.39 is 0 Å².